The number of hydrogen-bond acceptors (Lipinski definition) is 2. The SMILES string of the molecule is CN(CCCN)Cc1ccccc1C(F)(F)F. The second kappa shape index (κ2) is 6.02. The monoisotopic (exact) mass is 246 g/mol. The number of nitrogens with two attached hydrogens (primary N) is 1. The van der Waals surface area contributed by atoms with Crippen molar-refractivity contribution in [2.45, 2.75) is 19.1 Å². The Balaban J connectivity index is 2.77. The fourth-order valence-corrected chi connectivity index (χ4v) is 1.67. The fourth-order valence-electron chi connectivity index (χ4n) is 1.67. The van der Waals surface area contributed by atoms with Gasteiger partial charge in [-0.3, -0.25) is 0 Å². The van der Waals surface area contributed by atoms with E-state index < -0.39 is 11.7 Å². The van der Waals surface area contributed by atoms with Crippen molar-refractivity contribution >= 4 is 0 Å². The lowest BCUT2D eigenvalue weighted by Gasteiger charge is -2.19. The molecule has 96 valence electrons. The summed E-state index contributed by atoms with van der Waals surface area (Å²) in [7, 11) is 1.79. The molecule has 0 aliphatic rings. The van der Waals surface area contributed by atoms with Gasteiger partial charge in [0, 0.05) is 6.54 Å². The van der Waals surface area contributed by atoms with Crippen molar-refractivity contribution in [2.75, 3.05) is 20.1 Å². The molecule has 0 saturated heterocycles. The molecule has 5 heteroatoms. The van der Waals surface area contributed by atoms with Gasteiger partial charge < -0.3 is 10.6 Å². The third kappa shape index (κ3) is 4.36. The lowest BCUT2D eigenvalue weighted by molar-refractivity contribution is -0.138. The van der Waals surface area contributed by atoms with Gasteiger partial charge in [0.25, 0.3) is 0 Å². The first kappa shape index (κ1) is 14.0. The van der Waals surface area contributed by atoms with Crippen LogP contribution < -0.4 is 5.73 Å². The summed E-state index contributed by atoms with van der Waals surface area (Å²) in [6.45, 7) is 1.53. The Labute approximate surface area is 99.2 Å². The summed E-state index contributed by atoms with van der Waals surface area (Å²) in [5, 5.41) is 0. The summed E-state index contributed by atoms with van der Waals surface area (Å²) in [5.41, 5.74) is 5.11. The van der Waals surface area contributed by atoms with Crippen LogP contribution in [0.5, 0.6) is 0 Å². The first-order valence-electron chi connectivity index (χ1n) is 5.49. The fraction of sp³-hybridized carbons (Fsp3) is 0.500. The molecule has 0 spiro atoms. The largest absolute Gasteiger partial charge is 0.416 e. The average molecular weight is 246 g/mol. The molecular formula is C12H17F3N2. The van der Waals surface area contributed by atoms with E-state index in [2.05, 4.69) is 0 Å². The highest BCUT2D eigenvalue weighted by molar-refractivity contribution is 5.29. The predicted molar refractivity (Wildman–Crippen MR) is 61.4 cm³/mol. The van der Waals surface area contributed by atoms with Crippen LogP contribution in [0.25, 0.3) is 0 Å². The van der Waals surface area contributed by atoms with Crippen molar-refractivity contribution < 1.29 is 13.2 Å². The number of hydrogen-bond donors (Lipinski definition) is 1. The number of alkyl halides is 3. The minimum absolute atomic E-state index is 0.287. The van der Waals surface area contributed by atoms with Crippen molar-refractivity contribution in [1.82, 2.24) is 4.90 Å². The zero-order valence-electron chi connectivity index (χ0n) is 9.80. The van der Waals surface area contributed by atoms with E-state index in [0.717, 1.165) is 12.5 Å². The Morgan fingerprint density at radius 2 is 1.88 bits per heavy atom. The van der Waals surface area contributed by atoms with E-state index in [4.69, 9.17) is 5.73 Å². The van der Waals surface area contributed by atoms with Crippen LogP contribution in [0.2, 0.25) is 0 Å². The maximum absolute atomic E-state index is 12.7. The van der Waals surface area contributed by atoms with E-state index in [1.54, 1.807) is 13.1 Å². The molecule has 0 heterocycles. The number of nitrogens with zero attached hydrogens (tertiary/aromatic N) is 1. The Hall–Kier alpha value is -1.07. The standard InChI is InChI=1S/C12H17F3N2/c1-17(8-4-7-16)9-10-5-2-3-6-11(10)12(13,14)15/h2-3,5-6H,4,7-9,16H2,1H3. The topological polar surface area (TPSA) is 29.3 Å². The van der Waals surface area contributed by atoms with Crippen LogP contribution in [0.4, 0.5) is 13.2 Å². The maximum Gasteiger partial charge on any atom is 0.416 e. The second-order valence-electron chi connectivity index (χ2n) is 4.03. The van der Waals surface area contributed by atoms with Crippen LogP contribution in [-0.4, -0.2) is 25.0 Å². The molecule has 2 nitrogen and oxygen atoms in total. The van der Waals surface area contributed by atoms with E-state index in [9.17, 15) is 13.2 Å². The van der Waals surface area contributed by atoms with Crippen LogP contribution in [0.3, 0.4) is 0 Å². The molecule has 0 unspecified atom stereocenters. The second-order valence-corrected chi connectivity index (χ2v) is 4.03. The van der Waals surface area contributed by atoms with Gasteiger partial charge in [-0.1, -0.05) is 18.2 Å². The molecule has 0 atom stereocenters. The molecule has 0 bridgehead atoms. The van der Waals surface area contributed by atoms with E-state index in [1.165, 1.54) is 12.1 Å². The van der Waals surface area contributed by atoms with Crippen molar-refractivity contribution in [3.63, 3.8) is 0 Å². The molecule has 0 saturated carbocycles. The zero-order valence-corrected chi connectivity index (χ0v) is 9.80. The smallest absolute Gasteiger partial charge is 0.330 e. The molecule has 1 rings (SSSR count). The van der Waals surface area contributed by atoms with Crippen LogP contribution in [0, 0.1) is 0 Å². The molecule has 2 N–H and O–H groups in total. The average Bonchev–Trinajstić information content (AvgIpc) is 2.25. The molecule has 0 amide bonds. The summed E-state index contributed by atoms with van der Waals surface area (Å²) >= 11 is 0. The Bertz CT molecular complexity index is 350. The summed E-state index contributed by atoms with van der Waals surface area (Å²) in [6.07, 6.45) is -3.50. The highest BCUT2D eigenvalue weighted by Crippen LogP contribution is 2.32. The highest BCUT2D eigenvalue weighted by Gasteiger charge is 2.32. The van der Waals surface area contributed by atoms with Crippen molar-refractivity contribution in [3.05, 3.63) is 35.4 Å². The quantitative estimate of drug-likeness (QED) is 0.864. The molecule has 0 radical (unpaired) electrons. The van der Waals surface area contributed by atoms with Gasteiger partial charge in [0.05, 0.1) is 5.56 Å². The molecule has 17 heavy (non-hydrogen) atoms. The molecule has 0 aliphatic carbocycles. The Kier molecular flexibility index (Phi) is 4.96. The van der Waals surface area contributed by atoms with E-state index in [-0.39, 0.29) is 6.54 Å². The number of rotatable bonds is 5. The summed E-state index contributed by atoms with van der Waals surface area (Å²) in [5.74, 6) is 0. The van der Waals surface area contributed by atoms with Crippen LogP contribution in [0.1, 0.15) is 17.5 Å². The molecule has 1 aromatic rings. The van der Waals surface area contributed by atoms with Gasteiger partial charge in [0.2, 0.25) is 0 Å². The lowest BCUT2D eigenvalue weighted by Crippen LogP contribution is -2.23. The predicted octanol–water partition coefficient (Wildman–Crippen LogP) is 2.49. The van der Waals surface area contributed by atoms with Gasteiger partial charge in [0.1, 0.15) is 0 Å². The molecule has 0 aromatic heterocycles. The van der Waals surface area contributed by atoms with Crippen molar-refractivity contribution in [1.29, 1.82) is 0 Å². The molecule has 0 fully saturated rings. The van der Waals surface area contributed by atoms with Crippen LogP contribution in [-0.2, 0) is 12.7 Å². The van der Waals surface area contributed by atoms with Crippen molar-refractivity contribution in [3.8, 4) is 0 Å². The maximum atomic E-state index is 12.7. The van der Waals surface area contributed by atoms with E-state index in [1.807, 2.05) is 4.90 Å². The lowest BCUT2D eigenvalue weighted by atomic mass is 10.1. The summed E-state index contributed by atoms with van der Waals surface area (Å²) in [4.78, 5) is 1.84. The third-order valence-corrected chi connectivity index (χ3v) is 2.51. The van der Waals surface area contributed by atoms with Crippen molar-refractivity contribution in [2.24, 2.45) is 5.73 Å². The zero-order chi connectivity index (χ0) is 12.9. The molecule has 0 aliphatic heterocycles. The summed E-state index contributed by atoms with van der Waals surface area (Å²) in [6, 6.07) is 5.67. The first-order valence-corrected chi connectivity index (χ1v) is 5.49. The first-order chi connectivity index (χ1) is 7.95. The van der Waals surface area contributed by atoms with Crippen LogP contribution >= 0.6 is 0 Å². The Morgan fingerprint density at radius 3 is 2.47 bits per heavy atom. The van der Waals surface area contributed by atoms with Gasteiger partial charge in [-0.2, -0.15) is 13.2 Å². The number of halogens is 3. The van der Waals surface area contributed by atoms with Crippen LogP contribution in [0.15, 0.2) is 24.3 Å². The van der Waals surface area contributed by atoms with Gasteiger partial charge in [-0.25, -0.2) is 0 Å². The van der Waals surface area contributed by atoms with Gasteiger partial charge >= 0.3 is 6.18 Å². The number of benzene rings is 1. The highest BCUT2D eigenvalue weighted by atomic mass is 19.4. The van der Waals surface area contributed by atoms with Gasteiger partial charge in [-0.15, -0.1) is 0 Å². The summed E-state index contributed by atoms with van der Waals surface area (Å²) < 4.78 is 38.1. The van der Waals surface area contributed by atoms with E-state index >= 15 is 0 Å². The minimum atomic E-state index is -4.29. The third-order valence-electron chi connectivity index (χ3n) is 2.51. The molecular weight excluding hydrogens is 229 g/mol. The normalized spacial score (nSPS) is 12.1. The van der Waals surface area contributed by atoms with E-state index in [0.29, 0.717) is 18.7 Å². The Morgan fingerprint density at radius 1 is 1.24 bits per heavy atom. The van der Waals surface area contributed by atoms with Gasteiger partial charge in [-0.05, 0) is 38.2 Å². The molecule has 1 aromatic carbocycles. The van der Waals surface area contributed by atoms with Gasteiger partial charge in [0.15, 0.2) is 0 Å². The minimum Gasteiger partial charge on any atom is -0.330 e.